The topological polar surface area (TPSA) is 30.9 Å². The van der Waals surface area contributed by atoms with Crippen molar-refractivity contribution in [2.24, 2.45) is 11.1 Å². The fourth-order valence-corrected chi connectivity index (χ4v) is 3.34. The van der Waals surface area contributed by atoms with Gasteiger partial charge in [-0.05, 0) is 42.0 Å². The third-order valence-corrected chi connectivity index (χ3v) is 4.28. The van der Waals surface area contributed by atoms with Gasteiger partial charge in [0.25, 0.3) is 0 Å². The molecule has 0 fully saturated rings. The quantitative estimate of drug-likeness (QED) is 0.834. The molecule has 0 aliphatic heterocycles. The van der Waals surface area contributed by atoms with E-state index in [1.54, 1.807) is 0 Å². The zero-order valence-corrected chi connectivity index (χ0v) is 12.1. The molecule has 1 aliphatic carbocycles. The predicted octanol–water partition coefficient (Wildman–Crippen LogP) is 4.10. The van der Waals surface area contributed by atoms with E-state index in [2.05, 4.69) is 36.7 Å². The van der Waals surface area contributed by atoms with E-state index in [4.69, 9.17) is 17.3 Å². The lowest BCUT2D eigenvalue weighted by Gasteiger charge is -2.34. The molecule has 3 rings (SSSR count). The number of fused-ring (bicyclic) bond motifs is 1. The molecule has 2 nitrogen and oxygen atoms in total. The molecule has 1 aromatic heterocycles. The van der Waals surface area contributed by atoms with Gasteiger partial charge < -0.3 is 10.3 Å². The Balaban J connectivity index is 2.14. The predicted molar refractivity (Wildman–Crippen MR) is 79.8 cm³/mol. The van der Waals surface area contributed by atoms with Gasteiger partial charge >= 0.3 is 0 Å². The number of rotatable bonds is 1. The normalized spacial score (nSPS) is 21.2. The molecule has 19 heavy (non-hydrogen) atoms. The molecule has 1 aliphatic rings. The summed E-state index contributed by atoms with van der Waals surface area (Å²) in [5.41, 5.74) is 10.1. The monoisotopic (exact) mass is 274 g/mol. The van der Waals surface area contributed by atoms with Gasteiger partial charge in [0.1, 0.15) is 0 Å². The maximum atomic E-state index is 6.31. The van der Waals surface area contributed by atoms with Crippen LogP contribution in [0.5, 0.6) is 0 Å². The van der Waals surface area contributed by atoms with E-state index < -0.39 is 0 Å². The molecule has 0 saturated heterocycles. The van der Waals surface area contributed by atoms with E-state index in [-0.39, 0.29) is 11.5 Å². The van der Waals surface area contributed by atoms with Gasteiger partial charge in [-0.15, -0.1) is 0 Å². The molecule has 3 heteroatoms. The van der Waals surface area contributed by atoms with Crippen molar-refractivity contribution in [2.45, 2.75) is 32.7 Å². The Hall–Kier alpha value is -1.25. The summed E-state index contributed by atoms with van der Waals surface area (Å²) in [6.45, 7) is 4.56. The Morgan fingerprint density at radius 3 is 2.74 bits per heavy atom. The van der Waals surface area contributed by atoms with Gasteiger partial charge in [0.15, 0.2) is 0 Å². The number of nitrogens with zero attached hydrogens (tertiary/aromatic N) is 1. The van der Waals surface area contributed by atoms with Crippen molar-refractivity contribution in [2.75, 3.05) is 0 Å². The molecular formula is C16H19ClN2. The first-order valence-corrected chi connectivity index (χ1v) is 7.06. The van der Waals surface area contributed by atoms with Crippen molar-refractivity contribution < 1.29 is 0 Å². The van der Waals surface area contributed by atoms with Crippen molar-refractivity contribution in [1.82, 2.24) is 4.57 Å². The van der Waals surface area contributed by atoms with Crippen LogP contribution in [0.15, 0.2) is 36.5 Å². The molecule has 1 atom stereocenters. The molecule has 0 amide bonds. The van der Waals surface area contributed by atoms with Crippen molar-refractivity contribution in [3.8, 4) is 5.69 Å². The Kier molecular flexibility index (Phi) is 2.95. The zero-order chi connectivity index (χ0) is 13.6. The van der Waals surface area contributed by atoms with Crippen LogP contribution < -0.4 is 5.73 Å². The van der Waals surface area contributed by atoms with Crippen LogP contribution in [0.25, 0.3) is 5.69 Å². The number of benzene rings is 1. The molecule has 1 heterocycles. The van der Waals surface area contributed by atoms with Gasteiger partial charge in [0, 0.05) is 17.9 Å². The molecule has 100 valence electrons. The van der Waals surface area contributed by atoms with Crippen LogP contribution >= 0.6 is 11.6 Å². The molecule has 2 aromatic rings. The van der Waals surface area contributed by atoms with Crippen LogP contribution in [0.2, 0.25) is 5.02 Å². The number of para-hydroxylation sites is 1. The molecule has 1 aromatic carbocycles. The van der Waals surface area contributed by atoms with Gasteiger partial charge in [0.2, 0.25) is 0 Å². The minimum Gasteiger partial charge on any atom is -0.324 e. The average molecular weight is 275 g/mol. The summed E-state index contributed by atoms with van der Waals surface area (Å²) in [5, 5.41) is 0.776. The largest absolute Gasteiger partial charge is 0.324 e. The molecule has 2 N–H and O–H groups in total. The second-order valence-corrected chi connectivity index (χ2v) is 6.60. The lowest BCUT2D eigenvalue weighted by Crippen LogP contribution is -2.30. The molecule has 0 bridgehead atoms. The standard InChI is InChI=1S/C16H19ClN2/c1-16(2)9-13(18)11-7-8-19(15(11)10-16)14-6-4-3-5-12(14)17/h3-8,13H,9-10,18H2,1-2H3. The number of nitrogens with two attached hydrogens (primary N) is 1. The Labute approximate surface area is 119 Å². The van der Waals surface area contributed by atoms with Crippen molar-refractivity contribution in [3.05, 3.63) is 52.8 Å². The maximum Gasteiger partial charge on any atom is 0.0646 e. The van der Waals surface area contributed by atoms with E-state index in [0.717, 1.165) is 23.6 Å². The van der Waals surface area contributed by atoms with Gasteiger partial charge in [-0.3, -0.25) is 0 Å². The fraction of sp³-hybridized carbons (Fsp3) is 0.375. The van der Waals surface area contributed by atoms with Crippen LogP contribution in [-0.4, -0.2) is 4.57 Å². The summed E-state index contributed by atoms with van der Waals surface area (Å²) in [6, 6.07) is 10.2. The first kappa shape index (κ1) is 12.8. The number of hydrogen-bond acceptors (Lipinski definition) is 1. The molecular weight excluding hydrogens is 256 g/mol. The summed E-state index contributed by atoms with van der Waals surface area (Å²) in [4.78, 5) is 0. The van der Waals surface area contributed by atoms with E-state index in [0.29, 0.717) is 0 Å². The minimum atomic E-state index is 0.127. The van der Waals surface area contributed by atoms with Crippen LogP contribution in [0.1, 0.15) is 37.6 Å². The Morgan fingerprint density at radius 1 is 1.26 bits per heavy atom. The third kappa shape index (κ3) is 2.19. The number of halogens is 1. The van der Waals surface area contributed by atoms with Crippen molar-refractivity contribution >= 4 is 11.6 Å². The highest BCUT2D eigenvalue weighted by Gasteiger charge is 2.32. The zero-order valence-electron chi connectivity index (χ0n) is 11.4. The Morgan fingerprint density at radius 2 is 2.00 bits per heavy atom. The number of aromatic nitrogens is 1. The molecule has 0 spiro atoms. The second kappa shape index (κ2) is 4.39. The first-order valence-electron chi connectivity index (χ1n) is 6.68. The second-order valence-electron chi connectivity index (χ2n) is 6.19. The van der Waals surface area contributed by atoms with Crippen LogP contribution in [-0.2, 0) is 6.42 Å². The molecule has 0 saturated carbocycles. The van der Waals surface area contributed by atoms with E-state index in [1.165, 1.54) is 11.3 Å². The summed E-state index contributed by atoms with van der Waals surface area (Å²) >= 11 is 6.31. The van der Waals surface area contributed by atoms with Crippen LogP contribution in [0.4, 0.5) is 0 Å². The van der Waals surface area contributed by atoms with Crippen molar-refractivity contribution in [1.29, 1.82) is 0 Å². The fourth-order valence-electron chi connectivity index (χ4n) is 3.11. The Bertz CT molecular complexity index is 613. The average Bonchev–Trinajstić information content (AvgIpc) is 2.72. The lowest BCUT2D eigenvalue weighted by atomic mass is 9.74. The summed E-state index contributed by atoms with van der Waals surface area (Å²) in [5.74, 6) is 0. The third-order valence-electron chi connectivity index (χ3n) is 3.96. The van der Waals surface area contributed by atoms with E-state index >= 15 is 0 Å². The van der Waals surface area contributed by atoms with E-state index in [1.807, 2.05) is 18.2 Å². The van der Waals surface area contributed by atoms with Gasteiger partial charge in [-0.25, -0.2) is 0 Å². The summed E-state index contributed by atoms with van der Waals surface area (Å²) in [6.07, 6.45) is 4.16. The highest BCUT2D eigenvalue weighted by molar-refractivity contribution is 6.32. The van der Waals surface area contributed by atoms with Crippen molar-refractivity contribution in [3.63, 3.8) is 0 Å². The first-order chi connectivity index (χ1) is 8.98. The summed E-state index contributed by atoms with van der Waals surface area (Å²) in [7, 11) is 0. The molecule has 0 radical (unpaired) electrons. The maximum absolute atomic E-state index is 6.31. The number of hydrogen-bond donors (Lipinski definition) is 1. The SMILES string of the molecule is CC1(C)Cc2c(ccn2-c2ccccc2Cl)C(N)C1. The summed E-state index contributed by atoms with van der Waals surface area (Å²) < 4.78 is 2.19. The van der Waals surface area contributed by atoms with Gasteiger partial charge in [-0.2, -0.15) is 0 Å². The van der Waals surface area contributed by atoms with Crippen LogP contribution in [0.3, 0.4) is 0 Å². The molecule has 1 unspecified atom stereocenters. The highest BCUT2D eigenvalue weighted by Crippen LogP contribution is 2.41. The lowest BCUT2D eigenvalue weighted by molar-refractivity contribution is 0.278. The van der Waals surface area contributed by atoms with Gasteiger partial charge in [-0.1, -0.05) is 37.6 Å². The highest BCUT2D eigenvalue weighted by atomic mass is 35.5. The minimum absolute atomic E-state index is 0.127. The van der Waals surface area contributed by atoms with Gasteiger partial charge in [0.05, 0.1) is 10.7 Å². The van der Waals surface area contributed by atoms with E-state index in [9.17, 15) is 0 Å². The van der Waals surface area contributed by atoms with Crippen LogP contribution in [0, 0.1) is 5.41 Å². The smallest absolute Gasteiger partial charge is 0.0646 e.